The molecule has 2 fully saturated rings. The number of Topliss-reactive ketones (excluding diaryl/α,β-unsaturated/α-hetero) is 1. The van der Waals surface area contributed by atoms with E-state index in [-0.39, 0.29) is 48.5 Å². The number of carbonyl (C=O) groups is 1. The van der Waals surface area contributed by atoms with Gasteiger partial charge in [0, 0.05) is 33.0 Å². The summed E-state index contributed by atoms with van der Waals surface area (Å²) in [6.07, 6.45) is -5.01. The minimum absolute atomic E-state index is 0.0258. The number of ether oxygens (including phenoxy) is 2. The average molecular weight is 308 g/mol. The summed E-state index contributed by atoms with van der Waals surface area (Å²) in [6.45, 7) is -2.85. The molecule has 2 heterocycles. The van der Waals surface area contributed by atoms with Crippen molar-refractivity contribution in [1.29, 1.82) is 0 Å². The largest absolute Gasteiger partial charge is 0.493 e. The first-order valence-corrected chi connectivity index (χ1v) is 7.36. The molecule has 22 heavy (non-hydrogen) atoms. The molecule has 1 aromatic carbocycles. The number of likely N-dealkylation sites (N-methyl/N-ethyl adjacent to an activating group) is 1. The second-order valence-corrected chi connectivity index (χ2v) is 6.16. The number of methoxy groups -OCH3 is 1. The van der Waals surface area contributed by atoms with Gasteiger partial charge in [-0.3, -0.25) is 4.79 Å². The van der Waals surface area contributed by atoms with Gasteiger partial charge in [-0.15, -0.1) is 0 Å². The van der Waals surface area contributed by atoms with Crippen molar-refractivity contribution >= 4 is 5.78 Å². The molecular weight excluding hydrogens is 278 g/mol. The van der Waals surface area contributed by atoms with Gasteiger partial charge in [-0.2, -0.15) is 0 Å². The number of rotatable bonds is 1. The van der Waals surface area contributed by atoms with Crippen LogP contribution in [0.1, 0.15) is 42.7 Å². The van der Waals surface area contributed by atoms with Crippen LogP contribution in [0.25, 0.3) is 0 Å². The Bertz CT molecular complexity index is 1040. The van der Waals surface area contributed by atoms with Crippen LogP contribution < -0.4 is 9.47 Å². The zero-order chi connectivity index (χ0) is 22.9. The van der Waals surface area contributed by atoms with Gasteiger partial charge in [0.2, 0.25) is 0 Å². The molecule has 4 nitrogen and oxygen atoms in total. The van der Waals surface area contributed by atoms with Crippen molar-refractivity contribution in [3.05, 3.63) is 23.2 Å². The molecule has 1 saturated heterocycles. The molecule has 1 aromatic rings. The van der Waals surface area contributed by atoms with E-state index < -0.39 is 49.0 Å². The van der Waals surface area contributed by atoms with Crippen molar-refractivity contribution < 1.29 is 26.6 Å². The third-order valence-electron chi connectivity index (χ3n) is 5.36. The molecule has 116 valence electrons. The maximum Gasteiger partial charge on any atom is 0.174 e. The van der Waals surface area contributed by atoms with E-state index in [1.165, 1.54) is 7.11 Å². The molecular formula is C18H21NO3. The van der Waals surface area contributed by atoms with Gasteiger partial charge in [0.05, 0.1) is 9.85 Å². The Kier molecular flexibility index (Phi) is 1.27. The lowest BCUT2D eigenvalue weighted by molar-refractivity contribution is -0.138. The van der Waals surface area contributed by atoms with Gasteiger partial charge in [0.25, 0.3) is 0 Å². The number of carbonyl (C=O) groups excluding carboxylic acids is 1. The molecule has 2 bridgehead atoms. The summed E-state index contributed by atoms with van der Waals surface area (Å²) in [4.78, 5) is 14.1. The zero-order valence-electron chi connectivity index (χ0n) is 21.1. The standard InChI is InChI=1S/C18H21NO3/c1-19-8-7-18-11-4-5-13(20)17(18)22-16-14(21-2)6-3-10(15(16)18)9-12(11)19/h3,6,11-12,17H,4-5,7-9H2,1-2H3/t11-,12+,17?,18-/m0/s1/i1D3,3D,5D2,6D,11D,12D. The number of likely N-dealkylation sites (tertiary alicyclic amines) is 1. The van der Waals surface area contributed by atoms with Gasteiger partial charge in [0.15, 0.2) is 23.4 Å². The van der Waals surface area contributed by atoms with Gasteiger partial charge >= 0.3 is 0 Å². The summed E-state index contributed by atoms with van der Waals surface area (Å²) < 4.78 is 87.4. The first-order valence-electron chi connectivity index (χ1n) is 11.9. The van der Waals surface area contributed by atoms with Crippen LogP contribution in [0.4, 0.5) is 0 Å². The fraction of sp³-hybridized carbons (Fsp3) is 0.611. The highest BCUT2D eigenvalue weighted by Crippen LogP contribution is 2.62. The molecule has 1 saturated carbocycles. The van der Waals surface area contributed by atoms with Crippen LogP contribution in [0.15, 0.2) is 12.1 Å². The lowest BCUT2D eigenvalue weighted by Crippen LogP contribution is -2.65. The quantitative estimate of drug-likeness (QED) is 0.795. The van der Waals surface area contributed by atoms with Crippen molar-refractivity contribution in [3.8, 4) is 11.5 Å². The lowest BCUT2D eigenvalue weighted by Gasteiger charge is -2.57. The van der Waals surface area contributed by atoms with Crippen LogP contribution >= 0.6 is 0 Å². The summed E-state index contributed by atoms with van der Waals surface area (Å²) in [5.41, 5.74) is -0.966. The van der Waals surface area contributed by atoms with Gasteiger partial charge in [0.1, 0.15) is 0 Å². The number of ketones is 1. The SMILES string of the molecule is [2H]c1c([2H])c(OC)c2c3c1C[C@@]1([2H])N(C([2H])([2H])[2H])CC[C@@]34C(O2)C(=O)C([2H])([2H])C[C@]41[2H]. The first kappa shape index (κ1) is 6.91. The van der Waals surface area contributed by atoms with Crippen molar-refractivity contribution in [3.63, 3.8) is 0 Å². The molecule has 4 aliphatic rings. The van der Waals surface area contributed by atoms with Crippen LogP contribution in [-0.2, 0) is 16.6 Å². The van der Waals surface area contributed by atoms with E-state index in [1.54, 1.807) is 0 Å². The van der Waals surface area contributed by atoms with Crippen molar-refractivity contribution in [2.75, 3.05) is 20.6 Å². The van der Waals surface area contributed by atoms with E-state index in [1.807, 2.05) is 0 Å². The minimum Gasteiger partial charge on any atom is -0.493 e. The highest BCUT2D eigenvalue weighted by atomic mass is 16.5. The maximum absolute atomic E-state index is 13.2. The molecule has 0 amide bonds. The molecule has 4 atom stereocenters. The molecule has 1 unspecified atom stereocenters. The average Bonchev–Trinajstić information content (AvgIpc) is 2.96. The van der Waals surface area contributed by atoms with Crippen LogP contribution in [0.2, 0.25) is 0 Å². The number of hydrogen-bond donors (Lipinski definition) is 0. The van der Waals surface area contributed by atoms with Gasteiger partial charge < -0.3 is 14.4 Å². The van der Waals surface area contributed by atoms with E-state index in [2.05, 4.69) is 0 Å². The van der Waals surface area contributed by atoms with Crippen LogP contribution in [-0.4, -0.2) is 43.4 Å². The first-order chi connectivity index (χ1) is 14.2. The van der Waals surface area contributed by atoms with E-state index in [0.717, 1.165) is 4.90 Å². The minimum atomic E-state index is -2.74. The molecule has 1 spiro atoms. The van der Waals surface area contributed by atoms with Gasteiger partial charge in [-0.25, -0.2) is 0 Å². The topological polar surface area (TPSA) is 38.8 Å². The highest BCUT2D eigenvalue weighted by Gasteiger charge is 2.65. The number of hydrogen-bond acceptors (Lipinski definition) is 4. The lowest BCUT2D eigenvalue weighted by atomic mass is 9.52. The fourth-order valence-electron chi connectivity index (χ4n) is 4.45. The van der Waals surface area contributed by atoms with Crippen LogP contribution in [0, 0.1) is 5.89 Å². The molecule has 0 aromatic heterocycles. The van der Waals surface area contributed by atoms with Crippen molar-refractivity contribution in [2.45, 2.75) is 43.2 Å². The normalized spacial score (nSPS) is 54.0. The zero-order valence-corrected chi connectivity index (χ0v) is 12.1. The van der Waals surface area contributed by atoms with Crippen molar-refractivity contribution in [1.82, 2.24) is 4.90 Å². The third kappa shape index (κ3) is 1.27. The second-order valence-electron chi connectivity index (χ2n) is 6.16. The summed E-state index contributed by atoms with van der Waals surface area (Å²) in [7, 11) is 1.29. The maximum atomic E-state index is 13.2. The summed E-state index contributed by atoms with van der Waals surface area (Å²) >= 11 is 0. The van der Waals surface area contributed by atoms with Crippen molar-refractivity contribution in [2.24, 2.45) is 5.89 Å². The Morgan fingerprint density at radius 1 is 1.64 bits per heavy atom. The fourth-order valence-corrected chi connectivity index (χ4v) is 4.45. The Morgan fingerprint density at radius 2 is 2.55 bits per heavy atom. The molecule has 5 rings (SSSR count). The molecule has 0 N–H and O–H groups in total. The third-order valence-corrected chi connectivity index (χ3v) is 5.36. The van der Waals surface area contributed by atoms with Gasteiger partial charge in [-0.1, -0.05) is 6.04 Å². The van der Waals surface area contributed by atoms with Crippen LogP contribution in [0.3, 0.4) is 0 Å². The predicted octanol–water partition coefficient (Wildman–Crippen LogP) is 1.93. The number of benzene rings is 1. The Balaban J connectivity index is 1.92. The molecule has 4 heteroatoms. The Morgan fingerprint density at radius 3 is 3.36 bits per heavy atom. The number of nitrogens with zero attached hydrogens (tertiary/aromatic N) is 1. The summed E-state index contributed by atoms with van der Waals surface area (Å²) in [6, 6.07) is -2.73. The van der Waals surface area contributed by atoms with E-state index in [4.69, 9.17) is 19.1 Å². The molecule has 2 aliphatic heterocycles. The molecule has 2 aliphatic carbocycles. The van der Waals surface area contributed by atoms with Gasteiger partial charge in [-0.05, 0) is 50.3 Å². The van der Waals surface area contributed by atoms with E-state index in [0.29, 0.717) is 5.56 Å². The Labute approximate surface area is 143 Å². The van der Waals surface area contributed by atoms with E-state index >= 15 is 0 Å². The second kappa shape index (κ2) is 4.05. The highest BCUT2D eigenvalue weighted by molar-refractivity contribution is 5.89. The summed E-state index contributed by atoms with van der Waals surface area (Å²) in [5, 5.41) is 0. The predicted molar refractivity (Wildman–Crippen MR) is 81.6 cm³/mol. The number of piperidine rings is 1. The van der Waals surface area contributed by atoms with E-state index in [9.17, 15) is 7.54 Å². The smallest absolute Gasteiger partial charge is 0.174 e. The monoisotopic (exact) mass is 308 g/mol. The Hall–Kier alpha value is -1.55. The molecule has 0 radical (unpaired) electrons. The summed E-state index contributed by atoms with van der Waals surface area (Å²) in [5.74, 6) is -2.95. The van der Waals surface area contributed by atoms with Crippen LogP contribution in [0.5, 0.6) is 11.5 Å².